The second-order valence-electron chi connectivity index (χ2n) is 3.66. The Kier molecular flexibility index (Phi) is 3.54. The SMILES string of the molecule is CC1(C)CN(S(=O)(=O)CCl)CCS1. The van der Waals surface area contributed by atoms with E-state index in [1.807, 2.05) is 13.8 Å². The third-order valence-corrected chi connectivity index (χ3v) is 5.42. The summed E-state index contributed by atoms with van der Waals surface area (Å²) in [7, 11) is -3.21. The Hall–Kier alpha value is 0.550. The molecule has 3 nitrogen and oxygen atoms in total. The first kappa shape index (κ1) is 11.6. The lowest BCUT2D eigenvalue weighted by Gasteiger charge is -2.36. The molecule has 1 aliphatic rings. The van der Waals surface area contributed by atoms with Gasteiger partial charge in [0.2, 0.25) is 10.0 Å². The maximum Gasteiger partial charge on any atom is 0.228 e. The average Bonchev–Trinajstić information content (AvgIpc) is 2.03. The van der Waals surface area contributed by atoms with Crippen molar-refractivity contribution in [1.82, 2.24) is 4.31 Å². The summed E-state index contributed by atoms with van der Waals surface area (Å²) in [4.78, 5) is 0. The molecule has 0 N–H and O–H groups in total. The highest BCUT2D eigenvalue weighted by molar-refractivity contribution is 8.00. The maximum atomic E-state index is 11.4. The lowest BCUT2D eigenvalue weighted by molar-refractivity contribution is 0.390. The van der Waals surface area contributed by atoms with Crippen molar-refractivity contribution in [2.45, 2.75) is 18.6 Å². The zero-order valence-corrected chi connectivity index (χ0v) is 10.2. The van der Waals surface area contributed by atoms with Gasteiger partial charge in [-0.15, -0.1) is 11.6 Å². The Morgan fingerprint density at radius 3 is 2.62 bits per heavy atom. The highest BCUT2D eigenvalue weighted by Crippen LogP contribution is 2.30. The van der Waals surface area contributed by atoms with Crippen LogP contribution < -0.4 is 0 Å². The van der Waals surface area contributed by atoms with E-state index in [0.717, 1.165) is 5.75 Å². The molecule has 1 aliphatic heterocycles. The van der Waals surface area contributed by atoms with Gasteiger partial charge in [0.05, 0.1) is 0 Å². The van der Waals surface area contributed by atoms with Crippen LogP contribution in [-0.2, 0) is 10.0 Å². The normalized spacial score (nSPS) is 24.5. The summed E-state index contributed by atoms with van der Waals surface area (Å²) in [6.45, 7) is 5.25. The minimum absolute atomic E-state index is 0.0113. The summed E-state index contributed by atoms with van der Waals surface area (Å²) in [5, 5.41) is -0.312. The summed E-state index contributed by atoms with van der Waals surface area (Å²) in [6.07, 6.45) is 0. The molecule has 0 saturated carbocycles. The fourth-order valence-electron chi connectivity index (χ4n) is 1.28. The van der Waals surface area contributed by atoms with Crippen LogP contribution >= 0.6 is 23.4 Å². The second-order valence-corrected chi connectivity index (χ2v) is 8.02. The quantitative estimate of drug-likeness (QED) is 0.687. The van der Waals surface area contributed by atoms with Crippen LogP contribution in [0.4, 0.5) is 0 Å². The summed E-state index contributed by atoms with van der Waals surface area (Å²) < 4.78 is 24.3. The highest BCUT2D eigenvalue weighted by atomic mass is 35.5. The molecule has 0 atom stereocenters. The molecule has 0 bridgehead atoms. The molecular formula is C7H14ClNO2S2. The van der Waals surface area contributed by atoms with Crippen molar-refractivity contribution in [2.75, 3.05) is 24.1 Å². The van der Waals surface area contributed by atoms with Gasteiger partial charge in [0.15, 0.2) is 0 Å². The van der Waals surface area contributed by atoms with Gasteiger partial charge in [-0.25, -0.2) is 8.42 Å². The van der Waals surface area contributed by atoms with Crippen LogP contribution in [0, 0.1) is 0 Å². The minimum atomic E-state index is -3.21. The summed E-state index contributed by atoms with van der Waals surface area (Å²) in [6, 6.07) is 0. The third-order valence-electron chi connectivity index (χ3n) is 1.92. The van der Waals surface area contributed by atoms with Gasteiger partial charge >= 0.3 is 0 Å². The molecule has 0 radical (unpaired) electrons. The molecule has 0 unspecified atom stereocenters. The van der Waals surface area contributed by atoms with E-state index >= 15 is 0 Å². The van der Waals surface area contributed by atoms with E-state index in [2.05, 4.69) is 0 Å². The topological polar surface area (TPSA) is 37.4 Å². The Morgan fingerprint density at radius 1 is 1.54 bits per heavy atom. The maximum absolute atomic E-state index is 11.4. The molecule has 0 aromatic carbocycles. The molecule has 78 valence electrons. The molecule has 1 heterocycles. The smallest absolute Gasteiger partial charge is 0.211 e. The van der Waals surface area contributed by atoms with Gasteiger partial charge in [0.25, 0.3) is 0 Å². The fraction of sp³-hybridized carbons (Fsp3) is 1.00. The molecule has 13 heavy (non-hydrogen) atoms. The van der Waals surface area contributed by atoms with Crippen LogP contribution in [0.25, 0.3) is 0 Å². The van der Waals surface area contributed by atoms with E-state index in [-0.39, 0.29) is 9.96 Å². The van der Waals surface area contributed by atoms with Crippen molar-refractivity contribution < 1.29 is 8.42 Å². The monoisotopic (exact) mass is 243 g/mol. The van der Waals surface area contributed by atoms with E-state index in [0.29, 0.717) is 13.1 Å². The number of halogens is 1. The van der Waals surface area contributed by atoms with Crippen molar-refractivity contribution in [2.24, 2.45) is 0 Å². The van der Waals surface area contributed by atoms with Crippen LogP contribution in [0.5, 0.6) is 0 Å². The molecule has 0 aromatic rings. The Morgan fingerprint density at radius 2 is 2.15 bits per heavy atom. The number of alkyl halides is 1. The Labute approximate surface area is 88.9 Å². The lowest BCUT2D eigenvalue weighted by atomic mass is 10.2. The highest BCUT2D eigenvalue weighted by Gasteiger charge is 2.32. The molecule has 6 heteroatoms. The van der Waals surface area contributed by atoms with Crippen LogP contribution in [0.3, 0.4) is 0 Å². The van der Waals surface area contributed by atoms with Gasteiger partial charge in [-0.3, -0.25) is 0 Å². The lowest BCUT2D eigenvalue weighted by Crippen LogP contribution is -2.46. The Balaban J connectivity index is 2.73. The van der Waals surface area contributed by atoms with Crippen molar-refractivity contribution in [1.29, 1.82) is 0 Å². The molecule has 0 aromatic heterocycles. The van der Waals surface area contributed by atoms with Crippen molar-refractivity contribution in [3.05, 3.63) is 0 Å². The van der Waals surface area contributed by atoms with Crippen LogP contribution in [0.2, 0.25) is 0 Å². The van der Waals surface area contributed by atoms with Gasteiger partial charge in [-0.2, -0.15) is 16.1 Å². The third kappa shape index (κ3) is 3.01. The fourth-order valence-corrected chi connectivity index (χ4v) is 4.03. The number of nitrogens with zero attached hydrogens (tertiary/aromatic N) is 1. The zero-order chi connectivity index (χ0) is 10.1. The van der Waals surface area contributed by atoms with Gasteiger partial charge < -0.3 is 0 Å². The standard InChI is InChI=1S/C7H14ClNO2S2/c1-7(2)5-9(3-4-12-7)13(10,11)6-8/h3-6H2,1-2H3. The first-order chi connectivity index (χ1) is 5.87. The molecule has 1 fully saturated rings. The first-order valence-corrected chi connectivity index (χ1v) is 7.18. The van der Waals surface area contributed by atoms with E-state index in [4.69, 9.17) is 11.6 Å². The number of hydrogen-bond donors (Lipinski definition) is 0. The molecule has 0 aliphatic carbocycles. The van der Waals surface area contributed by atoms with Crippen molar-refractivity contribution in [3.63, 3.8) is 0 Å². The number of sulfonamides is 1. The Bertz CT molecular complexity index is 276. The summed E-state index contributed by atoms with van der Waals surface area (Å²) in [5.74, 6) is 0.850. The van der Waals surface area contributed by atoms with E-state index in [1.165, 1.54) is 4.31 Å². The average molecular weight is 244 g/mol. The summed E-state index contributed by atoms with van der Waals surface area (Å²) in [5.41, 5.74) is 0. The second kappa shape index (κ2) is 3.96. The largest absolute Gasteiger partial charge is 0.228 e. The predicted octanol–water partition coefficient (Wildman–Crippen LogP) is 1.34. The van der Waals surface area contributed by atoms with Crippen LogP contribution in [0.1, 0.15) is 13.8 Å². The van der Waals surface area contributed by atoms with Crippen molar-refractivity contribution >= 4 is 33.4 Å². The molecule has 0 spiro atoms. The van der Waals surface area contributed by atoms with Gasteiger partial charge in [-0.05, 0) is 13.8 Å². The van der Waals surface area contributed by atoms with Gasteiger partial charge in [0.1, 0.15) is 5.21 Å². The van der Waals surface area contributed by atoms with E-state index < -0.39 is 10.0 Å². The molecule has 1 saturated heterocycles. The number of thioether (sulfide) groups is 1. The zero-order valence-electron chi connectivity index (χ0n) is 7.79. The summed E-state index contributed by atoms with van der Waals surface area (Å²) >= 11 is 7.18. The number of hydrogen-bond acceptors (Lipinski definition) is 3. The van der Waals surface area contributed by atoms with E-state index in [1.54, 1.807) is 11.8 Å². The molecule has 0 amide bonds. The van der Waals surface area contributed by atoms with Gasteiger partial charge in [-0.1, -0.05) is 0 Å². The molecular weight excluding hydrogens is 230 g/mol. The van der Waals surface area contributed by atoms with Crippen LogP contribution in [0.15, 0.2) is 0 Å². The van der Waals surface area contributed by atoms with E-state index in [9.17, 15) is 8.42 Å². The molecule has 1 rings (SSSR count). The van der Waals surface area contributed by atoms with Crippen molar-refractivity contribution in [3.8, 4) is 0 Å². The first-order valence-electron chi connectivity index (χ1n) is 4.05. The minimum Gasteiger partial charge on any atom is -0.211 e. The van der Waals surface area contributed by atoms with Crippen LogP contribution in [-0.4, -0.2) is 41.5 Å². The number of rotatable bonds is 2. The predicted molar refractivity (Wildman–Crippen MR) is 57.7 cm³/mol. The van der Waals surface area contributed by atoms with Gasteiger partial charge in [0, 0.05) is 23.6 Å².